The van der Waals surface area contributed by atoms with Gasteiger partial charge < -0.3 is 14.1 Å². The van der Waals surface area contributed by atoms with E-state index in [0.29, 0.717) is 13.0 Å². The number of carbonyl (C=O) groups excluding carboxylic acids is 1. The van der Waals surface area contributed by atoms with Crippen LogP contribution in [-0.4, -0.2) is 43.9 Å². The van der Waals surface area contributed by atoms with Crippen LogP contribution in [0.25, 0.3) is 11.0 Å². The van der Waals surface area contributed by atoms with Crippen LogP contribution in [0.4, 0.5) is 0 Å². The highest BCUT2D eigenvalue weighted by Gasteiger charge is 2.34. The van der Waals surface area contributed by atoms with Crippen LogP contribution in [0.5, 0.6) is 5.75 Å². The number of hydrogen-bond donors (Lipinski definition) is 0. The molecule has 1 saturated heterocycles. The highest BCUT2D eigenvalue weighted by atomic mass is 32.2. The summed E-state index contributed by atoms with van der Waals surface area (Å²) in [7, 11) is -1.51. The lowest BCUT2D eigenvalue weighted by Crippen LogP contribution is -2.41. The van der Waals surface area contributed by atoms with Crippen molar-refractivity contribution in [2.75, 3.05) is 18.6 Å². The van der Waals surface area contributed by atoms with Gasteiger partial charge in [0.1, 0.15) is 11.3 Å². The topological polar surface area (TPSA) is 76.8 Å². The molecule has 4 rings (SSSR count). The number of benzene rings is 2. The monoisotopic (exact) mass is 427 g/mol. The van der Waals surface area contributed by atoms with Gasteiger partial charge in [-0.2, -0.15) is 0 Å². The van der Waals surface area contributed by atoms with E-state index in [1.807, 2.05) is 49.4 Å². The van der Waals surface area contributed by atoms with Crippen LogP contribution >= 0.6 is 0 Å². The highest BCUT2D eigenvalue weighted by molar-refractivity contribution is 7.91. The molecule has 0 spiro atoms. The zero-order chi connectivity index (χ0) is 21.3. The first kappa shape index (κ1) is 20.5. The van der Waals surface area contributed by atoms with Crippen molar-refractivity contribution in [2.45, 2.75) is 32.4 Å². The van der Waals surface area contributed by atoms with Gasteiger partial charge in [0, 0.05) is 23.5 Å². The number of amides is 1. The molecule has 158 valence electrons. The molecule has 1 fully saturated rings. The van der Waals surface area contributed by atoms with E-state index in [-0.39, 0.29) is 29.9 Å². The summed E-state index contributed by atoms with van der Waals surface area (Å²) in [4.78, 5) is 15.0. The highest BCUT2D eigenvalue weighted by Crippen LogP contribution is 2.26. The number of nitrogens with zero attached hydrogens (tertiary/aromatic N) is 1. The number of carbonyl (C=O) groups is 1. The second-order valence-electron chi connectivity index (χ2n) is 7.86. The molecule has 3 aromatic rings. The van der Waals surface area contributed by atoms with Gasteiger partial charge in [-0.15, -0.1) is 0 Å². The number of hydrogen-bond acceptors (Lipinski definition) is 5. The molecular weight excluding hydrogens is 402 g/mol. The van der Waals surface area contributed by atoms with Gasteiger partial charge in [0.25, 0.3) is 0 Å². The fourth-order valence-electron chi connectivity index (χ4n) is 3.97. The molecule has 0 bridgehead atoms. The summed E-state index contributed by atoms with van der Waals surface area (Å²) in [5.74, 6) is 0.773. The number of methoxy groups -OCH3 is 1. The van der Waals surface area contributed by atoms with E-state index >= 15 is 0 Å². The normalized spacial score (nSPS) is 17.9. The molecule has 30 heavy (non-hydrogen) atoms. The summed E-state index contributed by atoms with van der Waals surface area (Å²) in [6, 6.07) is 13.1. The Kier molecular flexibility index (Phi) is 5.56. The first-order chi connectivity index (χ1) is 14.3. The molecule has 0 aliphatic carbocycles. The maximum Gasteiger partial charge on any atom is 0.227 e. The Morgan fingerprint density at radius 2 is 1.97 bits per heavy atom. The molecule has 2 heterocycles. The summed E-state index contributed by atoms with van der Waals surface area (Å²) in [5, 5.41) is 0.923. The van der Waals surface area contributed by atoms with Gasteiger partial charge in [0.05, 0.1) is 31.3 Å². The van der Waals surface area contributed by atoms with E-state index < -0.39 is 9.84 Å². The number of ether oxygens (including phenoxy) is 1. The van der Waals surface area contributed by atoms with Gasteiger partial charge in [0.2, 0.25) is 5.91 Å². The molecule has 0 unspecified atom stereocenters. The van der Waals surface area contributed by atoms with E-state index in [1.165, 1.54) is 0 Å². The van der Waals surface area contributed by atoms with E-state index in [2.05, 4.69) is 0 Å². The van der Waals surface area contributed by atoms with Gasteiger partial charge in [-0.05, 0) is 43.2 Å². The standard InChI is InChI=1S/C23H25NO5S/c1-16-3-8-22-21(11-16)18(14-29-22)12-23(25)24(19-9-10-30(26,27)15-19)13-17-4-6-20(28-2)7-5-17/h3-8,11,14,19H,9-10,12-13,15H2,1-2H3/t19-/m1/s1. The van der Waals surface area contributed by atoms with Crippen LogP contribution in [-0.2, 0) is 27.6 Å². The van der Waals surface area contributed by atoms with Gasteiger partial charge >= 0.3 is 0 Å². The average Bonchev–Trinajstić information content (AvgIpc) is 3.29. The Morgan fingerprint density at radius 1 is 1.20 bits per heavy atom. The Bertz CT molecular complexity index is 1160. The average molecular weight is 428 g/mol. The Labute approximate surface area is 176 Å². The van der Waals surface area contributed by atoms with E-state index in [0.717, 1.165) is 33.4 Å². The number of fused-ring (bicyclic) bond motifs is 1. The summed E-state index contributed by atoms with van der Waals surface area (Å²) in [6.07, 6.45) is 2.26. The molecule has 1 amide bonds. The fraction of sp³-hybridized carbons (Fsp3) is 0.348. The fourth-order valence-corrected chi connectivity index (χ4v) is 5.70. The number of furan rings is 1. The number of rotatable bonds is 6. The van der Waals surface area contributed by atoms with Crippen molar-refractivity contribution in [3.05, 3.63) is 65.4 Å². The predicted octanol–water partition coefficient (Wildman–Crippen LogP) is 3.51. The molecule has 7 heteroatoms. The second kappa shape index (κ2) is 8.14. The van der Waals surface area contributed by atoms with Crippen molar-refractivity contribution in [1.29, 1.82) is 0 Å². The van der Waals surface area contributed by atoms with Crippen LogP contribution in [0.15, 0.2) is 53.1 Å². The minimum absolute atomic E-state index is 0.0140. The summed E-state index contributed by atoms with van der Waals surface area (Å²) < 4.78 is 34.9. The van der Waals surface area contributed by atoms with Crippen LogP contribution in [0.1, 0.15) is 23.1 Å². The third kappa shape index (κ3) is 4.36. The van der Waals surface area contributed by atoms with Gasteiger partial charge in [-0.1, -0.05) is 23.8 Å². The summed E-state index contributed by atoms with van der Waals surface area (Å²) >= 11 is 0. The van der Waals surface area contributed by atoms with Crippen molar-refractivity contribution in [3.63, 3.8) is 0 Å². The van der Waals surface area contributed by atoms with Crippen molar-refractivity contribution >= 4 is 26.7 Å². The largest absolute Gasteiger partial charge is 0.497 e. The summed E-state index contributed by atoms with van der Waals surface area (Å²) in [5.41, 5.74) is 3.59. The molecule has 2 aromatic carbocycles. The lowest BCUT2D eigenvalue weighted by molar-refractivity contribution is -0.133. The minimum atomic E-state index is -3.11. The second-order valence-corrected chi connectivity index (χ2v) is 10.1. The lowest BCUT2D eigenvalue weighted by Gasteiger charge is -2.28. The molecule has 0 saturated carbocycles. The lowest BCUT2D eigenvalue weighted by atomic mass is 10.1. The first-order valence-corrected chi connectivity index (χ1v) is 11.8. The smallest absolute Gasteiger partial charge is 0.227 e. The molecule has 1 aliphatic rings. The zero-order valence-corrected chi connectivity index (χ0v) is 17.9. The molecule has 1 aliphatic heterocycles. The first-order valence-electron chi connectivity index (χ1n) is 9.94. The third-order valence-corrected chi connectivity index (χ3v) is 7.38. The maximum atomic E-state index is 13.3. The van der Waals surface area contributed by atoms with Crippen molar-refractivity contribution in [3.8, 4) is 5.75 Å². The number of aryl methyl sites for hydroxylation is 1. The van der Waals surface area contributed by atoms with Gasteiger partial charge in [0.15, 0.2) is 9.84 Å². The minimum Gasteiger partial charge on any atom is -0.497 e. The quantitative estimate of drug-likeness (QED) is 0.602. The SMILES string of the molecule is COc1ccc(CN(C(=O)Cc2coc3ccc(C)cc23)[C@@H]2CCS(=O)(=O)C2)cc1. The Balaban J connectivity index is 1.60. The molecule has 1 atom stereocenters. The summed E-state index contributed by atoms with van der Waals surface area (Å²) in [6.45, 7) is 2.36. The van der Waals surface area contributed by atoms with Crippen LogP contribution in [0, 0.1) is 6.92 Å². The van der Waals surface area contributed by atoms with E-state index in [4.69, 9.17) is 9.15 Å². The van der Waals surface area contributed by atoms with Crippen molar-refractivity contribution < 1.29 is 22.4 Å². The Hall–Kier alpha value is -2.80. The van der Waals surface area contributed by atoms with E-state index in [1.54, 1.807) is 18.3 Å². The van der Waals surface area contributed by atoms with Gasteiger partial charge in [-0.3, -0.25) is 4.79 Å². The van der Waals surface area contributed by atoms with Crippen LogP contribution in [0.2, 0.25) is 0 Å². The molecule has 6 nitrogen and oxygen atoms in total. The Morgan fingerprint density at radius 3 is 2.63 bits per heavy atom. The van der Waals surface area contributed by atoms with Crippen LogP contribution < -0.4 is 4.74 Å². The van der Waals surface area contributed by atoms with Crippen molar-refractivity contribution in [2.24, 2.45) is 0 Å². The predicted molar refractivity (Wildman–Crippen MR) is 115 cm³/mol. The van der Waals surface area contributed by atoms with Crippen LogP contribution in [0.3, 0.4) is 0 Å². The molecular formula is C23H25NO5S. The maximum absolute atomic E-state index is 13.3. The number of sulfone groups is 1. The van der Waals surface area contributed by atoms with E-state index in [9.17, 15) is 13.2 Å². The molecule has 0 radical (unpaired) electrons. The van der Waals surface area contributed by atoms with Gasteiger partial charge in [-0.25, -0.2) is 8.42 Å². The van der Waals surface area contributed by atoms with Crippen molar-refractivity contribution in [1.82, 2.24) is 4.90 Å². The molecule has 1 aromatic heterocycles. The zero-order valence-electron chi connectivity index (χ0n) is 17.1. The third-order valence-electron chi connectivity index (χ3n) is 5.63. The molecule has 0 N–H and O–H groups in total.